The Hall–Kier alpha value is -2.63. The van der Waals surface area contributed by atoms with E-state index >= 15 is 0 Å². The van der Waals surface area contributed by atoms with Crippen LogP contribution in [0.1, 0.15) is 26.3 Å². The van der Waals surface area contributed by atoms with Gasteiger partial charge in [0.25, 0.3) is 6.10 Å². The van der Waals surface area contributed by atoms with E-state index in [1.807, 2.05) is 54.6 Å². The number of hydrogen-bond acceptors (Lipinski definition) is 4. The molecule has 0 saturated carbocycles. The topological polar surface area (TPSA) is 66.4 Å². The maximum Gasteiger partial charge on any atom is 0.432 e. The number of ether oxygens (including phenoxy) is 1. The van der Waals surface area contributed by atoms with Crippen molar-refractivity contribution >= 4 is 21.0 Å². The molecule has 3 aromatic carbocycles. The van der Waals surface area contributed by atoms with Gasteiger partial charge in [-0.25, -0.2) is 8.42 Å². The van der Waals surface area contributed by atoms with Gasteiger partial charge in [-0.3, -0.25) is 0 Å². The largest absolute Gasteiger partial charge is 0.743 e. The van der Waals surface area contributed by atoms with Crippen molar-refractivity contribution in [2.24, 2.45) is 0 Å². The second-order valence-electron chi connectivity index (χ2n) is 8.92. The molecule has 194 valence electrons. The standard InChI is InChI=1S/C25H23F5O4S2/c1-23(2,3)17-9-13-20(14-10-17)35(19-7-5-4-6-8-19)21-15-11-18(12-16-21)34-22(24(26,27)28)25(29,30)36(31,32)33/h4-16,22H,1-3H3. The van der Waals surface area contributed by atoms with Crippen LogP contribution in [0.25, 0.3) is 0 Å². The molecule has 0 aliphatic carbocycles. The van der Waals surface area contributed by atoms with Crippen LogP contribution in [0, 0.1) is 0 Å². The first-order valence-corrected chi connectivity index (χ1v) is 13.2. The summed E-state index contributed by atoms with van der Waals surface area (Å²) in [5.74, 6) is -0.663. The number of benzene rings is 3. The second kappa shape index (κ2) is 10.0. The fourth-order valence-corrected chi connectivity index (χ4v) is 5.81. The molecule has 0 aliphatic rings. The minimum Gasteiger partial charge on any atom is -0.743 e. The second-order valence-corrected chi connectivity index (χ2v) is 12.4. The molecular formula is C25H23F5O4S2. The highest BCUT2D eigenvalue weighted by atomic mass is 32.2. The average Bonchev–Trinajstić information content (AvgIpc) is 2.77. The number of rotatable bonds is 7. The van der Waals surface area contributed by atoms with Gasteiger partial charge >= 0.3 is 11.4 Å². The minimum absolute atomic E-state index is 0.0719. The lowest BCUT2D eigenvalue weighted by Crippen LogP contribution is -2.53. The zero-order valence-electron chi connectivity index (χ0n) is 19.4. The van der Waals surface area contributed by atoms with Gasteiger partial charge in [0, 0.05) is 0 Å². The predicted octanol–water partition coefficient (Wildman–Crippen LogP) is 6.53. The van der Waals surface area contributed by atoms with Crippen LogP contribution in [0.3, 0.4) is 0 Å². The van der Waals surface area contributed by atoms with Crippen molar-refractivity contribution in [3.63, 3.8) is 0 Å². The Labute approximate surface area is 209 Å². The van der Waals surface area contributed by atoms with Crippen molar-refractivity contribution in [1.29, 1.82) is 0 Å². The van der Waals surface area contributed by atoms with Gasteiger partial charge in [-0.2, -0.15) is 22.0 Å². The highest BCUT2D eigenvalue weighted by Gasteiger charge is 2.62. The minimum atomic E-state index is -6.64. The lowest BCUT2D eigenvalue weighted by Gasteiger charge is -2.30. The van der Waals surface area contributed by atoms with Gasteiger partial charge in [0.1, 0.15) is 5.75 Å². The smallest absolute Gasteiger partial charge is 0.432 e. The summed E-state index contributed by atoms with van der Waals surface area (Å²) in [6.45, 7) is 6.23. The van der Waals surface area contributed by atoms with E-state index in [2.05, 4.69) is 25.5 Å². The Morgan fingerprint density at radius 1 is 0.750 bits per heavy atom. The van der Waals surface area contributed by atoms with Crippen LogP contribution in [0.5, 0.6) is 5.75 Å². The normalized spacial score (nSPS) is 14.8. The van der Waals surface area contributed by atoms with Gasteiger partial charge < -0.3 is 9.29 Å². The third-order valence-corrected chi connectivity index (χ3v) is 8.30. The van der Waals surface area contributed by atoms with E-state index in [1.54, 1.807) is 0 Å². The molecule has 3 aromatic rings. The molecule has 0 radical (unpaired) electrons. The van der Waals surface area contributed by atoms with Gasteiger partial charge in [0.15, 0.2) is 24.8 Å². The van der Waals surface area contributed by atoms with Crippen molar-refractivity contribution in [2.45, 2.75) is 58.4 Å². The molecule has 36 heavy (non-hydrogen) atoms. The summed E-state index contributed by atoms with van der Waals surface area (Å²) in [6, 6.07) is 22.1. The molecule has 0 aromatic heterocycles. The van der Waals surface area contributed by atoms with Crippen LogP contribution >= 0.6 is 0 Å². The summed E-state index contributed by atoms with van der Waals surface area (Å²) >= 11 is 0. The van der Waals surface area contributed by atoms with Gasteiger partial charge in [0.2, 0.25) is 0 Å². The maximum atomic E-state index is 13.8. The molecule has 0 N–H and O–H groups in total. The SMILES string of the molecule is CC(C)(C)c1ccc([S+](c2ccccc2)c2ccc(OC(C(F)(F)F)C(F)(F)S(=O)(=O)[O-])cc2)cc1. The van der Waals surface area contributed by atoms with Gasteiger partial charge in [-0.1, -0.05) is 51.1 Å². The molecule has 0 bridgehead atoms. The van der Waals surface area contributed by atoms with Crippen molar-refractivity contribution < 1.29 is 39.7 Å². The highest BCUT2D eigenvalue weighted by molar-refractivity contribution is 7.97. The quantitative estimate of drug-likeness (QED) is 0.192. The highest BCUT2D eigenvalue weighted by Crippen LogP contribution is 2.39. The fraction of sp³-hybridized carbons (Fsp3) is 0.280. The molecule has 4 nitrogen and oxygen atoms in total. The van der Waals surface area contributed by atoms with Crippen LogP contribution in [-0.2, 0) is 26.4 Å². The Morgan fingerprint density at radius 3 is 1.61 bits per heavy atom. The third kappa shape index (κ3) is 6.19. The summed E-state index contributed by atoms with van der Waals surface area (Å²) < 4.78 is 104. The number of alkyl halides is 5. The molecule has 0 amide bonds. The van der Waals surface area contributed by atoms with Crippen LogP contribution in [0.15, 0.2) is 93.5 Å². The average molecular weight is 547 g/mol. The maximum absolute atomic E-state index is 13.8. The van der Waals surface area contributed by atoms with Crippen molar-refractivity contribution in [1.82, 2.24) is 0 Å². The van der Waals surface area contributed by atoms with Crippen LogP contribution in [0.4, 0.5) is 22.0 Å². The van der Waals surface area contributed by atoms with E-state index in [1.165, 1.54) is 12.1 Å². The van der Waals surface area contributed by atoms with E-state index < -0.39 is 44.3 Å². The summed E-state index contributed by atoms with van der Waals surface area (Å²) in [6.07, 6.45) is -9.97. The predicted molar refractivity (Wildman–Crippen MR) is 125 cm³/mol. The Kier molecular flexibility index (Phi) is 7.78. The molecular weight excluding hydrogens is 523 g/mol. The third-order valence-electron chi connectivity index (χ3n) is 5.18. The Bertz CT molecular complexity index is 1270. The molecule has 3 rings (SSSR count). The van der Waals surface area contributed by atoms with Gasteiger partial charge in [0.05, 0.1) is 10.9 Å². The molecule has 0 aliphatic heterocycles. The van der Waals surface area contributed by atoms with E-state index in [9.17, 15) is 34.9 Å². The zero-order valence-corrected chi connectivity index (χ0v) is 21.1. The van der Waals surface area contributed by atoms with E-state index in [4.69, 9.17) is 0 Å². The molecule has 2 atom stereocenters. The van der Waals surface area contributed by atoms with Gasteiger partial charge in [-0.05, 0) is 59.5 Å². The Balaban J connectivity index is 1.99. The number of hydrogen-bond donors (Lipinski definition) is 0. The summed E-state index contributed by atoms with van der Waals surface area (Å²) in [4.78, 5) is 2.48. The van der Waals surface area contributed by atoms with E-state index in [-0.39, 0.29) is 5.41 Å². The first-order chi connectivity index (χ1) is 16.5. The zero-order chi connectivity index (χ0) is 26.9. The van der Waals surface area contributed by atoms with Crippen LogP contribution in [0.2, 0.25) is 0 Å². The van der Waals surface area contributed by atoms with Crippen molar-refractivity contribution in [2.75, 3.05) is 0 Å². The van der Waals surface area contributed by atoms with Gasteiger partial charge in [-0.15, -0.1) is 0 Å². The number of halogens is 5. The van der Waals surface area contributed by atoms with Crippen LogP contribution < -0.4 is 4.74 Å². The molecule has 0 spiro atoms. The lowest BCUT2D eigenvalue weighted by atomic mass is 9.87. The molecule has 0 saturated heterocycles. The van der Waals surface area contributed by atoms with E-state index in [0.717, 1.165) is 27.5 Å². The summed E-state index contributed by atoms with van der Waals surface area (Å²) in [5, 5.41) is -5.72. The van der Waals surface area contributed by atoms with Crippen LogP contribution in [-0.4, -0.2) is 30.5 Å². The van der Waals surface area contributed by atoms with Crippen molar-refractivity contribution in [3.8, 4) is 5.75 Å². The molecule has 2 unspecified atom stereocenters. The molecule has 0 fully saturated rings. The van der Waals surface area contributed by atoms with E-state index in [0.29, 0.717) is 4.90 Å². The monoisotopic (exact) mass is 546 g/mol. The first-order valence-electron chi connectivity index (χ1n) is 10.6. The first kappa shape index (κ1) is 27.9. The Morgan fingerprint density at radius 2 is 1.19 bits per heavy atom. The van der Waals surface area contributed by atoms with Crippen molar-refractivity contribution in [3.05, 3.63) is 84.4 Å². The fourth-order valence-electron chi connectivity index (χ4n) is 3.30. The molecule has 0 heterocycles. The summed E-state index contributed by atoms with van der Waals surface area (Å²) in [7, 11) is -7.33. The lowest BCUT2D eigenvalue weighted by molar-refractivity contribution is -0.239. The molecule has 11 heteroatoms. The summed E-state index contributed by atoms with van der Waals surface area (Å²) in [5.41, 5.74) is 1.04.